The first kappa shape index (κ1) is 23.2. The standard InChI is InChI=1S/C26H36O3/c1-5-22(12-9-15-26(28,6-2)7-3)23-11-8-10-21(17-23)19-29-25-14-13-24(18-27)20(4)16-25/h8,10-14,16-17,27-28H,5-7,9,15,18-19H2,1-4H3/b22-12-. The van der Waals surface area contributed by atoms with Crippen molar-refractivity contribution in [3.63, 3.8) is 0 Å². The molecule has 0 aromatic heterocycles. The topological polar surface area (TPSA) is 49.7 Å². The number of benzene rings is 2. The van der Waals surface area contributed by atoms with Gasteiger partial charge in [-0.1, -0.05) is 51.1 Å². The number of hydrogen-bond acceptors (Lipinski definition) is 3. The first-order valence-electron chi connectivity index (χ1n) is 10.8. The summed E-state index contributed by atoms with van der Waals surface area (Å²) in [4.78, 5) is 0. The van der Waals surface area contributed by atoms with Gasteiger partial charge in [0.15, 0.2) is 0 Å². The molecule has 158 valence electrons. The van der Waals surface area contributed by atoms with Crippen LogP contribution in [0.5, 0.6) is 5.75 Å². The highest BCUT2D eigenvalue weighted by Crippen LogP contribution is 2.25. The van der Waals surface area contributed by atoms with Crippen LogP contribution >= 0.6 is 0 Å². The monoisotopic (exact) mass is 396 g/mol. The Balaban J connectivity index is 2.04. The van der Waals surface area contributed by atoms with Crippen LogP contribution in [0.2, 0.25) is 0 Å². The minimum atomic E-state index is -0.547. The Morgan fingerprint density at radius 1 is 1.07 bits per heavy atom. The lowest BCUT2D eigenvalue weighted by molar-refractivity contribution is 0.0246. The zero-order valence-corrected chi connectivity index (χ0v) is 18.4. The molecule has 0 heterocycles. The minimum Gasteiger partial charge on any atom is -0.489 e. The van der Waals surface area contributed by atoms with Gasteiger partial charge in [-0.3, -0.25) is 0 Å². The van der Waals surface area contributed by atoms with Gasteiger partial charge in [0.05, 0.1) is 12.2 Å². The molecule has 0 bridgehead atoms. The second kappa shape index (κ2) is 11.2. The molecule has 2 aromatic rings. The molecular weight excluding hydrogens is 360 g/mol. The van der Waals surface area contributed by atoms with Crippen LogP contribution in [0.1, 0.15) is 75.1 Å². The summed E-state index contributed by atoms with van der Waals surface area (Å²) in [6, 6.07) is 14.3. The SMILES string of the molecule is CC/C(=C/CCC(O)(CC)CC)c1cccc(COc2ccc(CO)c(C)c2)c1. The van der Waals surface area contributed by atoms with Crippen LogP contribution < -0.4 is 4.74 Å². The Bertz CT molecular complexity index is 803. The Labute approximate surface area is 176 Å². The Hall–Kier alpha value is -2.10. The quantitative estimate of drug-likeness (QED) is 0.476. The molecule has 0 aliphatic rings. The molecule has 0 fully saturated rings. The summed E-state index contributed by atoms with van der Waals surface area (Å²) in [5.74, 6) is 0.815. The fourth-order valence-corrected chi connectivity index (χ4v) is 3.55. The molecule has 0 aliphatic carbocycles. The van der Waals surface area contributed by atoms with Crippen molar-refractivity contribution in [2.24, 2.45) is 0 Å². The van der Waals surface area contributed by atoms with Crippen molar-refractivity contribution < 1.29 is 14.9 Å². The van der Waals surface area contributed by atoms with Gasteiger partial charge in [0.2, 0.25) is 0 Å². The molecule has 0 unspecified atom stereocenters. The lowest BCUT2D eigenvalue weighted by Gasteiger charge is -2.24. The molecule has 0 radical (unpaired) electrons. The highest BCUT2D eigenvalue weighted by molar-refractivity contribution is 5.65. The van der Waals surface area contributed by atoms with E-state index in [2.05, 4.69) is 51.1 Å². The molecule has 0 spiro atoms. The lowest BCUT2D eigenvalue weighted by atomic mass is 9.90. The Kier molecular flexibility index (Phi) is 8.94. The molecule has 0 saturated carbocycles. The summed E-state index contributed by atoms with van der Waals surface area (Å²) in [6.07, 6.45) is 6.51. The van der Waals surface area contributed by atoms with E-state index >= 15 is 0 Å². The van der Waals surface area contributed by atoms with E-state index in [4.69, 9.17) is 4.74 Å². The highest BCUT2D eigenvalue weighted by atomic mass is 16.5. The van der Waals surface area contributed by atoms with Crippen LogP contribution in [0.3, 0.4) is 0 Å². The predicted molar refractivity (Wildman–Crippen MR) is 121 cm³/mol. The molecule has 3 heteroatoms. The molecular formula is C26H36O3. The van der Waals surface area contributed by atoms with Gasteiger partial charge in [0.25, 0.3) is 0 Å². The van der Waals surface area contributed by atoms with Crippen molar-refractivity contribution in [2.75, 3.05) is 0 Å². The summed E-state index contributed by atoms with van der Waals surface area (Å²) >= 11 is 0. The van der Waals surface area contributed by atoms with E-state index in [-0.39, 0.29) is 6.61 Å². The van der Waals surface area contributed by atoms with E-state index in [1.807, 2.05) is 25.1 Å². The number of ether oxygens (including phenoxy) is 1. The molecule has 29 heavy (non-hydrogen) atoms. The summed E-state index contributed by atoms with van der Waals surface area (Å²) in [5, 5.41) is 19.8. The number of rotatable bonds is 11. The van der Waals surface area contributed by atoms with E-state index in [1.165, 1.54) is 11.1 Å². The molecule has 2 N–H and O–H groups in total. The van der Waals surface area contributed by atoms with Crippen LogP contribution in [0, 0.1) is 6.92 Å². The van der Waals surface area contributed by atoms with Gasteiger partial charge >= 0.3 is 0 Å². The first-order valence-corrected chi connectivity index (χ1v) is 10.8. The van der Waals surface area contributed by atoms with Gasteiger partial charge in [0.1, 0.15) is 12.4 Å². The summed E-state index contributed by atoms with van der Waals surface area (Å²) < 4.78 is 5.96. The maximum Gasteiger partial charge on any atom is 0.120 e. The van der Waals surface area contributed by atoms with Crippen LogP contribution in [0.25, 0.3) is 5.57 Å². The van der Waals surface area contributed by atoms with Crippen molar-refractivity contribution in [3.05, 3.63) is 70.8 Å². The second-order valence-corrected chi connectivity index (χ2v) is 7.79. The van der Waals surface area contributed by atoms with Crippen molar-refractivity contribution in [3.8, 4) is 5.75 Å². The maximum absolute atomic E-state index is 10.5. The van der Waals surface area contributed by atoms with Crippen molar-refractivity contribution in [1.29, 1.82) is 0 Å². The van der Waals surface area contributed by atoms with E-state index < -0.39 is 5.60 Å². The van der Waals surface area contributed by atoms with E-state index in [1.54, 1.807) is 0 Å². The van der Waals surface area contributed by atoms with Gasteiger partial charge in [-0.2, -0.15) is 0 Å². The third-order valence-electron chi connectivity index (χ3n) is 5.89. The van der Waals surface area contributed by atoms with Crippen molar-refractivity contribution >= 4 is 5.57 Å². The minimum absolute atomic E-state index is 0.0498. The lowest BCUT2D eigenvalue weighted by Crippen LogP contribution is -2.25. The van der Waals surface area contributed by atoms with Gasteiger partial charge < -0.3 is 14.9 Å². The van der Waals surface area contributed by atoms with E-state index in [9.17, 15) is 10.2 Å². The van der Waals surface area contributed by atoms with E-state index in [0.717, 1.165) is 54.5 Å². The molecule has 2 aromatic carbocycles. The fourth-order valence-electron chi connectivity index (χ4n) is 3.55. The molecule has 0 amide bonds. The molecule has 0 aliphatic heterocycles. The zero-order chi connectivity index (χ0) is 21.3. The number of aliphatic hydroxyl groups is 2. The molecule has 2 rings (SSSR count). The van der Waals surface area contributed by atoms with Crippen molar-refractivity contribution in [1.82, 2.24) is 0 Å². The number of aliphatic hydroxyl groups excluding tert-OH is 1. The largest absolute Gasteiger partial charge is 0.489 e. The number of allylic oxidation sites excluding steroid dienone is 2. The summed E-state index contributed by atoms with van der Waals surface area (Å²) in [5.41, 5.74) is 5.07. The average Bonchev–Trinajstić information content (AvgIpc) is 2.75. The Morgan fingerprint density at radius 3 is 2.45 bits per heavy atom. The van der Waals surface area contributed by atoms with Gasteiger partial charge in [-0.25, -0.2) is 0 Å². The summed E-state index contributed by atoms with van der Waals surface area (Å²) in [6.45, 7) is 8.82. The molecule has 3 nitrogen and oxygen atoms in total. The second-order valence-electron chi connectivity index (χ2n) is 7.79. The zero-order valence-electron chi connectivity index (χ0n) is 18.4. The first-order chi connectivity index (χ1) is 13.9. The van der Waals surface area contributed by atoms with E-state index in [0.29, 0.717) is 6.61 Å². The molecule has 0 saturated heterocycles. The predicted octanol–water partition coefficient (Wildman–Crippen LogP) is 6.19. The summed E-state index contributed by atoms with van der Waals surface area (Å²) in [7, 11) is 0. The van der Waals surface area contributed by atoms with Gasteiger partial charge in [0, 0.05) is 0 Å². The number of aryl methyl sites for hydroxylation is 1. The normalized spacial score (nSPS) is 12.3. The Morgan fingerprint density at radius 2 is 1.83 bits per heavy atom. The average molecular weight is 397 g/mol. The van der Waals surface area contributed by atoms with Gasteiger partial charge in [-0.05, 0) is 85.1 Å². The maximum atomic E-state index is 10.5. The molecule has 0 atom stereocenters. The fraction of sp³-hybridized carbons (Fsp3) is 0.462. The van der Waals surface area contributed by atoms with Crippen LogP contribution in [0.15, 0.2) is 48.5 Å². The third kappa shape index (κ3) is 6.73. The van der Waals surface area contributed by atoms with Crippen LogP contribution in [-0.2, 0) is 13.2 Å². The number of hydrogen-bond donors (Lipinski definition) is 2. The van der Waals surface area contributed by atoms with Crippen LogP contribution in [0.4, 0.5) is 0 Å². The third-order valence-corrected chi connectivity index (χ3v) is 5.89. The van der Waals surface area contributed by atoms with Gasteiger partial charge in [-0.15, -0.1) is 0 Å². The smallest absolute Gasteiger partial charge is 0.120 e. The van der Waals surface area contributed by atoms with Crippen molar-refractivity contribution in [2.45, 2.75) is 78.6 Å². The highest BCUT2D eigenvalue weighted by Gasteiger charge is 2.20. The van der Waals surface area contributed by atoms with Crippen LogP contribution in [-0.4, -0.2) is 15.8 Å².